The number of pyridine rings is 2. The van der Waals surface area contributed by atoms with Gasteiger partial charge in [0.1, 0.15) is 17.2 Å². The predicted molar refractivity (Wildman–Crippen MR) is 109 cm³/mol. The first kappa shape index (κ1) is 22.2. The molecule has 9 nitrogen and oxygen atoms in total. The van der Waals surface area contributed by atoms with Crippen LogP contribution in [0.2, 0.25) is 0 Å². The van der Waals surface area contributed by atoms with E-state index in [1.54, 1.807) is 24.3 Å². The predicted octanol–water partition coefficient (Wildman–Crippen LogP) is 3.04. The van der Waals surface area contributed by atoms with Crippen molar-refractivity contribution in [2.24, 2.45) is 0 Å². The minimum absolute atomic E-state index is 0.0543. The van der Waals surface area contributed by atoms with E-state index in [0.29, 0.717) is 17.4 Å². The fourth-order valence-electron chi connectivity index (χ4n) is 2.54. The number of sulfonamides is 1. The van der Waals surface area contributed by atoms with Crippen molar-refractivity contribution in [1.29, 1.82) is 0 Å². The summed E-state index contributed by atoms with van der Waals surface area (Å²) in [6, 6.07) is 6.33. The molecule has 3 aromatic rings. The largest absolute Gasteiger partial charge is 0.421 e. The Kier molecular flexibility index (Phi) is 6.24. The topological polar surface area (TPSA) is 113 Å². The van der Waals surface area contributed by atoms with E-state index in [4.69, 9.17) is 0 Å². The van der Waals surface area contributed by atoms with Gasteiger partial charge in [-0.05, 0) is 18.2 Å². The summed E-state index contributed by atoms with van der Waals surface area (Å²) >= 11 is 0. The number of nitrogens with one attached hydrogen (secondary N) is 2. The van der Waals surface area contributed by atoms with Crippen molar-refractivity contribution in [3.8, 4) is 0 Å². The van der Waals surface area contributed by atoms with Gasteiger partial charge in [0.15, 0.2) is 0 Å². The molecule has 2 N–H and O–H groups in total. The third-order valence-electron chi connectivity index (χ3n) is 4.14. The van der Waals surface area contributed by atoms with Gasteiger partial charge in [0.05, 0.1) is 6.26 Å². The molecule has 0 saturated heterocycles. The van der Waals surface area contributed by atoms with Crippen LogP contribution in [0.15, 0.2) is 49.1 Å². The Morgan fingerprint density at radius 2 is 1.81 bits per heavy atom. The second-order valence-electron chi connectivity index (χ2n) is 6.38. The Balaban J connectivity index is 1.91. The maximum absolute atomic E-state index is 13.4. The highest BCUT2D eigenvalue weighted by atomic mass is 32.2. The Hall–Kier alpha value is -3.48. The monoisotopic (exact) mass is 453 g/mol. The van der Waals surface area contributed by atoms with Gasteiger partial charge in [-0.2, -0.15) is 18.2 Å². The highest BCUT2D eigenvalue weighted by molar-refractivity contribution is 7.92. The number of nitrogens with zero attached hydrogens (tertiary/aromatic N) is 5. The number of rotatable bonds is 7. The average molecular weight is 453 g/mol. The number of alkyl halides is 3. The zero-order valence-electron chi connectivity index (χ0n) is 16.4. The Bertz CT molecular complexity index is 1160. The fraction of sp³-hybridized carbons (Fsp3) is 0.222. The van der Waals surface area contributed by atoms with Crippen LogP contribution in [-0.2, 0) is 22.7 Å². The van der Waals surface area contributed by atoms with Gasteiger partial charge in [0, 0.05) is 49.6 Å². The molecule has 31 heavy (non-hydrogen) atoms. The van der Waals surface area contributed by atoms with E-state index < -0.39 is 27.6 Å². The second kappa shape index (κ2) is 8.71. The number of hydrogen-bond donors (Lipinski definition) is 2. The Morgan fingerprint density at radius 1 is 1.10 bits per heavy atom. The smallest absolute Gasteiger partial charge is 0.365 e. The molecule has 0 spiro atoms. The Morgan fingerprint density at radius 3 is 2.45 bits per heavy atom. The van der Waals surface area contributed by atoms with Crippen molar-refractivity contribution in [2.75, 3.05) is 28.2 Å². The van der Waals surface area contributed by atoms with Crippen molar-refractivity contribution < 1.29 is 21.6 Å². The molecule has 0 atom stereocenters. The summed E-state index contributed by atoms with van der Waals surface area (Å²) in [5.41, 5.74) is -0.148. The van der Waals surface area contributed by atoms with Gasteiger partial charge in [-0.1, -0.05) is 6.07 Å². The van der Waals surface area contributed by atoms with E-state index in [-0.39, 0.29) is 18.3 Å². The molecule has 0 saturated carbocycles. The van der Waals surface area contributed by atoms with Crippen LogP contribution in [0.3, 0.4) is 0 Å². The number of aromatic nitrogens is 4. The molecule has 0 radical (unpaired) electrons. The van der Waals surface area contributed by atoms with E-state index in [2.05, 4.69) is 30.6 Å². The van der Waals surface area contributed by atoms with Crippen LogP contribution in [0.25, 0.3) is 0 Å². The van der Waals surface area contributed by atoms with Crippen LogP contribution in [0.5, 0.6) is 0 Å². The van der Waals surface area contributed by atoms with E-state index in [9.17, 15) is 21.6 Å². The third kappa shape index (κ3) is 5.57. The molecular weight excluding hydrogens is 435 g/mol. The van der Waals surface area contributed by atoms with Gasteiger partial charge in [-0.15, -0.1) is 0 Å². The summed E-state index contributed by atoms with van der Waals surface area (Å²) < 4.78 is 65.0. The van der Waals surface area contributed by atoms with Gasteiger partial charge < -0.3 is 10.6 Å². The first-order valence-corrected chi connectivity index (χ1v) is 10.6. The summed E-state index contributed by atoms with van der Waals surface area (Å²) in [6.07, 6.45) is 1.39. The highest BCUT2D eigenvalue weighted by Gasteiger charge is 2.35. The molecule has 3 aromatic heterocycles. The summed E-state index contributed by atoms with van der Waals surface area (Å²) in [4.78, 5) is 15.6. The maximum Gasteiger partial charge on any atom is 0.421 e. The second-order valence-corrected chi connectivity index (χ2v) is 8.40. The standard InChI is InChI=1S/C18H18F3N7O2S/c1-28(31(2,29)30)16-12(4-3-7-23-16)10-24-15-14(18(19,20)21)11-25-17(27-15)26-13-5-8-22-9-6-13/h3-9,11H,10H2,1-2H3,(H2,22,24,25,26,27). The molecule has 13 heteroatoms. The zero-order valence-corrected chi connectivity index (χ0v) is 17.2. The number of halogens is 3. The lowest BCUT2D eigenvalue weighted by molar-refractivity contribution is -0.137. The van der Waals surface area contributed by atoms with Gasteiger partial charge >= 0.3 is 6.18 Å². The summed E-state index contributed by atoms with van der Waals surface area (Å²) in [7, 11) is -2.30. The number of hydrogen-bond acceptors (Lipinski definition) is 8. The molecule has 0 aliphatic heterocycles. The van der Waals surface area contributed by atoms with Gasteiger partial charge in [-0.25, -0.2) is 18.4 Å². The molecule has 3 heterocycles. The molecule has 3 rings (SSSR count). The van der Waals surface area contributed by atoms with Crippen molar-refractivity contribution in [3.05, 3.63) is 60.2 Å². The van der Waals surface area contributed by atoms with E-state index in [1.807, 2.05) is 0 Å². The van der Waals surface area contributed by atoms with Crippen LogP contribution < -0.4 is 14.9 Å². The molecule has 0 amide bonds. The van der Waals surface area contributed by atoms with Crippen molar-refractivity contribution in [3.63, 3.8) is 0 Å². The van der Waals surface area contributed by atoms with Crippen LogP contribution >= 0.6 is 0 Å². The summed E-state index contributed by atoms with van der Waals surface area (Å²) in [5.74, 6) is -0.424. The molecule has 0 aliphatic carbocycles. The lowest BCUT2D eigenvalue weighted by Gasteiger charge is -2.20. The SMILES string of the molecule is CN(c1ncccc1CNc1nc(Nc2ccncc2)ncc1C(F)(F)F)S(C)(=O)=O. The minimum atomic E-state index is -4.70. The fourth-order valence-corrected chi connectivity index (χ4v) is 3.01. The highest BCUT2D eigenvalue weighted by Crippen LogP contribution is 2.34. The third-order valence-corrected chi connectivity index (χ3v) is 5.31. The molecule has 0 fully saturated rings. The normalized spacial score (nSPS) is 11.8. The first-order valence-electron chi connectivity index (χ1n) is 8.78. The van der Waals surface area contributed by atoms with Crippen LogP contribution in [-0.4, -0.2) is 41.7 Å². The molecule has 0 bridgehead atoms. The lowest BCUT2D eigenvalue weighted by atomic mass is 10.2. The Labute approximate surface area is 176 Å². The van der Waals surface area contributed by atoms with Crippen LogP contribution in [0.4, 0.5) is 36.4 Å². The molecular formula is C18H18F3N7O2S. The summed E-state index contributed by atoms with van der Waals surface area (Å²) in [6.45, 7) is -0.155. The zero-order chi connectivity index (χ0) is 22.6. The average Bonchev–Trinajstić information content (AvgIpc) is 2.71. The molecule has 0 unspecified atom stereocenters. The first-order chi connectivity index (χ1) is 14.6. The lowest BCUT2D eigenvalue weighted by Crippen LogP contribution is -2.27. The van der Waals surface area contributed by atoms with Crippen molar-refractivity contribution >= 4 is 33.3 Å². The maximum atomic E-state index is 13.4. The van der Waals surface area contributed by atoms with Crippen molar-refractivity contribution in [1.82, 2.24) is 19.9 Å². The van der Waals surface area contributed by atoms with E-state index in [0.717, 1.165) is 10.6 Å². The van der Waals surface area contributed by atoms with Gasteiger partial charge in [0.25, 0.3) is 0 Å². The van der Waals surface area contributed by atoms with Crippen LogP contribution in [0, 0.1) is 0 Å². The van der Waals surface area contributed by atoms with Crippen molar-refractivity contribution in [2.45, 2.75) is 12.7 Å². The van der Waals surface area contributed by atoms with E-state index >= 15 is 0 Å². The molecule has 0 aliphatic rings. The summed E-state index contributed by atoms with van der Waals surface area (Å²) in [5, 5.41) is 5.43. The minimum Gasteiger partial charge on any atom is -0.365 e. The number of anilines is 4. The molecule has 0 aromatic carbocycles. The van der Waals surface area contributed by atoms with Crippen LogP contribution in [0.1, 0.15) is 11.1 Å². The van der Waals surface area contributed by atoms with Gasteiger partial charge in [-0.3, -0.25) is 9.29 Å². The molecule has 164 valence electrons. The quantitative estimate of drug-likeness (QED) is 0.561. The van der Waals surface area contributed by atoms with E-state index in [1.165, 1.54) is 25.6 Å². The van der Waals surface area contributed by atoms with Gasteiger partial charge in [0.2, 0.25) is 16.0 Å².